The number of benzene rings is 1. The fourth-order valence-corrected chi connectivity index (χ4v) is 1.77. The van der Waals surface area contributed by atoms with Crippen molar-refractivity contribution in [3.05, 3.63) is 30.3 Å². The van der Waals surface area contributed by atoms with Crippen LogP contribution in [-0.2, 0) is 4.57 Å². The number of rotatable bonds is 4. The summed E-state index contributed by atoms with van der Waals surface area (Å²) in [6.07, 6.45) is 0.893. The fourth-order valence-electron chi connectivity index (χ4n) is 0.872. The van der Waals surface area contributed by atoms with Gasteiger partial charge in [-0.25, -0.2) is 0 Å². The van der Waals surface area contributed by atoms with E-state index in [-0.39, 0.29) is 5.66 Å². The van der Waals surface area contributed by atoms with Crippen molar-refractivity contribution >= 4 is 8.03 Å². The third kappa shape index (κ3) is 3.23. The lowest BCUT2D eigenvalue weighted by Crippen LogP contribution is -1.96. The molecule has 72 valence electrons. The molecule has 0 fully saturated rings. The Labute approximate surface area is 79.8 Å². The van der Waals surface area contributed by atoms with Crippen molar-refractivity contribution in [3.63, 3.8) is 0 Å². The van der Waals surface area contributed by atoms with Crippen molar-refractivity contribution in [2.24, 2.45) is 0 Å². The average molecular weight is 198 g/mol. The molecule has 0 amide bonds. The van der Waals surface area contributed by atoms with E-state index in [1.54, 1.807) is 0 Å². The van der Waals surface area contributed by atoms with Crippen LogP contribution in [0.4, 0.5) is 0 Å². The van der Waals surface area contributed by atoms with E-state index in [1.807, 2.05) is 44.2 Å². The van der Waals surface area contributed by atoms with E-state index in [2.05, 4.69) is 0 Å². The number of hydrogen-bond acceptors (Lipinski definition) is 2. The van der Waals surface area contributed by atoms with E-state index in [4.69, 9.17) is 4.52 Å². The van der Waals surface area contributed by atoms with Crippen LogP contribution in [0.2, 0.25) is 0 Å². The third-order valence-electron chi connectivity index (χ3n) is 1.98. The summed E-state index contributed by atoms with van der Waals surface area (Å²) in [5.74, 6) is 0.701. The van der Waals surface area contributed by atoms with Gasteiger partial charge in [0.1, 0.15) is 5.75 Å². The molecule has 0 spiro atoms. The van der Waals surface area contributed by atoms with Crippen molar-refractivity contribution in [1.29, 1.82) is 0 Å². The quantitative estimate of drug-likeness (QED) is 0.693. The highest BCUT2D eigenvalue weighted by Gasteiger charge is 2.09. The lowest BCUT2D eigenvalue weighted by molar-refractivity contribution is 0.492. The molecule has 0 aliphatic rings. The monoisotopic (exact) mass is 198 g/mol. The molecule has 13 heavy (non-hydrogen) atoms. The van der Waals surface area contributed by atoms with Crippen LogP contribution in [0.25, 0.3) is 0 Å². The molecule has 1 aromatic rings. The minimum atomic E-state index is -1.92. The summed E-state index contributed by atoms with van der Waals surface area (Å²) >= 11 is 0. The molecule has 0 aliphatic heterocycles. The van der Waals surface area contributed by atoms with Gasteiger partial charge in [-0.2, -0.15) is 0 Å². The third-order valence-corrected chi connectivity index (χ3v) is 3.63. The highest BCUT2D eigenvalue weighted by molar-refractivity contribution is 7.40. The van der Waals surface area contributed by atoms with Gasteiger partial charge >= 0.3 is 0 Å². The predicted molar refractivity (Wildman–Crippen MR) is 55.8 cm³/mol. The van der Waals surface area contributed by atoms with Crippen molar-refractivity contribution in [3.8, 4) is 5.75 Å². The lowest BCUT2D eigenvalue weighted by Gasteiger charge is -2.10. The van der Waals surface area contributed by atoms with Crippen LogP contribution in [0.5, 0.6) is 5.75 Å². The standard InChI is InChI=1S/C10H15O2P/c1-3-9(2)13(11)12-10-7-5-4-6-8-10/h4-9,13H,3H2,1-2H3. The molecule has 0 radical (unpaired) electrons. The van der Waals surface area contributed by atoms with E-state index in [1.165, 1.54) is 0 Å². The van der Waals surface area contributed by atoms with Crippen molar-refractivity contribution < 1.29 is 9.09 Å². The molecule has 0 aromatic heterocycles. The zero-order valence-corrected chi connectivity index (χ0v) is 8.99. The molecule has 3 heteroatoms. The predicted octanol–water partition coefficient (Wildman–Crippen LogP) is 3.34. The minimum Gasteiger partial charge on any atom is -0.445 e. The maximum Gasteiger partial charge on any atom is 0.239 e. The Morgan fingerprint density at radius 1 is 1.38 bits per heavy atom. The second-order valence-electron chi connectivity index (χ2n) is 3.04. The van der Waals surface area contributed by atoms with Crippen LogP contribution < -0.4 is 4.52 Å². The molecule has 0 N–H and O–H groups in total. The molecule has 0 aliphatic carbocycles. The maximum atomic E-state index is 11.5. The Kier molecular flexibility index (Phi) is 4.04. The van der Waals surface area contributed by atoms with E-state index in [0.717, 1.165) is 6.42 Å². The maximum absolute atomic E-state index is 11.5. The van der Waals surface area contributed by atoms with Crippen molar-refractivity contribution in [2.45, 2.75) is 25.9 Å². The first-order valence-electron chi connectivity index (χ1n) is 4.50. The summed E-state index contributed by atoms with van der Waals surface area (Å²) < 4.78 is 16.8. The average Bonchev–Trinajstić information content (AvgIpc) is 2.18. The molecule has 0 saturated carbocycles. The van der Waals surface area contributed by atoms with Crippen LogP contribution in [0.15, 0.2) is 30.3 Å². The topological polar surface area (TPSA) is 26.3 Å². The summed E-state index contributed by atoms with van der Waals surface area (Å²) in [5.41, 5.74) is 0.158. The normalized spacial score (nSPS) is 14.9. The van der Waals surface area contributed by atoms with Crippen LogP contribution >= 0.6 is 8.03 Å². The molecule has 0 heterocycles. The molecule has 2 atom stereocenters. The Bertz CT molecular complexity index is 272. The summed E-state index contributed by atoms with van der Waals surface area (Å²) in [4.78, 5) is 0. The van der Waals surface area contributed by atoms with Gasteiger partial charge in [0.25, 0.3) is 0 Å². The first-order valence-corrected chi connectivity index (χ1v) is 5.90. The second kappa shape index (κ2) is 5.08. The van der Waals surface area contributed by atoms with Gasteiger partial charge in [-0.05, 0) is 18.6 Å². The van der Waals surface area contributed by atoms with Gasteiger partial charge in [0.05, 0.1) is 0 Å². The zero-order chi connectivity index (χ0) is 9.68. The molecule has 0 saturated heterocycles. The van der Waals surface area contributed by atoms with Crippen molar-refractivity contribution in [2.75, 3.05) is 0 Å². The van der Waals surface area contributed by atoms with Gasteiger partial charge in [-0.15, -0.1) is 0 Å². The van der Waals surface area contributed by atoms with Crippen LogP contribution in [0.3, 0.4) is 0 Å². The highest BCUT2D eigenvalue weighted by atomic mass is 31.1. The van der Waals surface area contributed by atoms with Crippen molar-refractivity contribution in [1.82, 2.24) is 0 Å². The van der Waals surface area contributed by atoms with Gasteiger partial charge < -0.3 is 4.52 Å². The molecular formula is C10H15O2P. The van der Waals surface area contributed by atoms with Gasteiger partial charge in [-0.3, -0.25) is 4.57 Å². The zero-order valence-electron chi connectivity index (χ0n) is 7.99. The minimum absolute atomic E-state index is 0.158. The lowest BCUT2D eigenvalue weighted by atomic mass is 10.3. The summed E-state index contributed by atoms with van der Waals surface area (Å²) in [6.45, 7) is 3.96. The highest BCUT2D eigenvalue weighted by Crippen LogP contribution is 2.32. The smallest absolute Gasteiger partial charge is 0.239 e. The van der Waals surface area contributed by atoms with Crippen LogP contribution in [0.1, 0.15) is 20.3 Å². The Hall–Kier alpha value is -0.750. The van der Waals surface area contributed by atoms with Crippen LogP contribution in [-0.4, -0.2) is 5.66 Å². The molecule has 2 unspecified atom stereocenters. The summed E-state index contributed by atoms with van der Waals surface area (Å²) in [6, 6.07) is 9.31. The SMILES string of the molecule is CCC(C)[PH](=O)Oc1ccccc1. The Balaban J connectivity index is 2.55. The van der Waals surface area contributed by atoms with Gasteiger partial charge in [-0.1, -0.05) is 32.0 Å². The van der Waals surface area contributed by atoms with Gasteiger partial charge in [0.15, 0.2) is 0 Å². The molecule has 0 bridgehead atoms. The van der Waals surface area contributed by atoms with E-state index >= 15 is 0 Å². The van der Waals surface area contributed by atoms with E-state index in [0.29, 0.717) is 5.75 Å². The van der Waals surface area contributed by atoms with Gasteiger partial charge in [0.2, 0.25) is 8.03 Å². The first-order chi connectivity index (χ1) is 6.24. The molecular weight excluding hydrogens is 183 g/mol. The van der Waals surface area contributed by atoms with Gasteiger partial charge in [0, 0.05) is 5.66 Å². The number of hydrogen-bond donors (Lipinski definition) is 0. The largest absolute Gasteiger partial charge is 0.445 e. The number of para-hydroxylation sites is 1. The fraction of sp³-hybridized carbons (Fsp3) is 0.400. The Morgan fingerprint density at radius 3 is 2.54 bits per heavy atom. The summed E-state index contributed by atoms with van der Waals surface area (Å²) in [7, 11) is -1.92. The van der Waals surface area contributed by atoms with Crippen LogP contribution in [0, 0.1) is 0 Å². The van der Waals surface area contributed by atoms with E-state index < -0.39 is 8.03 Å². The Morgan fingerprint density at radius 2 is 2.00 bits per heavy atom. The second-order valence-corrected chi connectivity index (χ2v) is 4.87. The molecule has 1 rings (SSSR count). The first kappa shape index (κ1) is 10.3. The summed E-state index contributed by atoms with van der Waals surface area (Å²) in [5, 5.41) is 0. The molecule has 2 nitrogen and oxygen atoms in total. The molecule has 1 aromatic carbocycles. The van der Waals surface area contributed by atoms with E-state index in [9.17, 15) is 4.57 Å².